The first-order chi connectivity index (χ1) is 11.1. The fraction of sp³-hybridized carbons (Fsp3) is 0.278. The predicted molar refractivity (Wildman–Crippen MR) is 86.2 cm³/mol. The fourth-order valence-electron chi connectivity index (χ4n) is 2.87. The maximum atomic E-state index is 11.7. The molecule has 0 saturated carbocycles. The van der Waals surface area contributed by atoms with Crippen LogP contribution in [0.2, 0.25) is 5.02 Å². The summed E-state index contributed by atoms with van der Waals surface area (Å²) in [5, 5.41) is 10.0. The lowest BCUT2D eigenvalue weighted by Gasteiger charge is -2.27. The third kappa shape index (κ3) is 2.85. The summed E-state index contributed by atoms with van der Waals surface area (Å²) in [6.07, 6.45) is -1.39. The Morgan fingerprint density at radius 1 is 1.13 bits per heavy atom. The molecular weight excluding hydrogens is 316 g/mol. The van der Waals surface area contributed by atoms with Crippen molar-refractivity contribution in [2.45, 2.75) is 31.3 Å². The fourth-order valence-corrected chi connectivity index (χ4v) is 3.12. The molecule has 1 heterocycles. The van der Waals surface area contributed by atoms with Gasteiger partial charge in [-0.15, -0.1) is 0 Å². The van der Waals surface area contributed by atoms with Crippen LogP contribution in [0.4, 0.5) is 0 Å². The number of ether oxygens (including phenoxy) is 2. The van der Waals surface area contributed by atoms with Gasteiger partial charge in [0.15, 0.2) is 11.9 Å². The Labute approximate surface area is 139 Å². The van der Waals surface area contributed by atoms with Gasteiger partial charge in [0.25, 0.3) is 0 Å². The molecule has 0 amide bonds. The highest BCUT2D eigenvalue weighted by molar-refractivity contribution is 6.31. The van der Waals surface area contributed by atoms with E-state index in [9.17, 15) is 9.90 Å². The quantitative estimate of drug-likeness (QED) is 0.914. The number of hydrogen-bond acceptors (Lipinski definition) is 3. The molecule has 1 unspecified atom stereocenters. The number of benzene rings is 2. The van der Waals surface area contributed by atoms with Gasteiger partial charge in [-0.2, -0.15) is 0 Å². The third-order valence-electron chi connectivity index (χ3n) is 4.04. The Balaban J connectivity index is 2.04. The van der Waals surface area contributed by atoms with E-state index in [1.165, 1.54) is 0 Å². The molecule has 1 aliphatic rings. The normalized spacial score (nSPS) is 27.0. The van der Waals surface area contributed by atoms with Crippen molar-refractivity contribution in [3.8, 4) is 0 Å². The van der Waals surface area contributed by atoms with Gasteiger partial charge in [0.1, 0.15) is 6.10 Å². The lowest BCUT2D eigenvalue weighted by Crippen LogP contribution is -2.29. The van der Waals surface area contributed by atoms with Gasteiger partial charge < -0.3 is 14.6 Å². The predicted octanol–water partition coefficient (Wildman–Crippen LogP) is 4.14. The maximum Gasteiger partial charge on any atom is 0.336 e. The number of carboxylic acid groups (broad SMARTS) is 1. The van der Waals surface area contributed by atoms with Crippen molar-refractivity contribution in [2.75, 3.05) is 0 Å². The average molecular weight is 333 g/mol. The topological polar surface area (TPSA) is 55.8 Å². The van der Waals surface area contributed by atoms with E-state index in [-0.39, 0.29) is 0 Å². The van der Waals surface area contributed by atoms with Crippen molar-refractivity contribution >= 4 is 17.6 Å². The summed E-state index contributed by atoms with van der Waals surface area (Å²) in [5.41, 5.74) is 1.41. The van der Waals surface area contributed by atoms with E-state index in [4.69, 9.17) is 21.1 Å². The van der Waals surface area contributed by atoms with Crippen LogP contribution < -0.4 is 0 Å². The van der Waals surface area contributed by atoms with Crippen LogP contribution in [0.15, 0.2) is 54.6 Å². The van der Waals surface area contributed by atoms with Gasteiger partial charge >= 0.3 is 5.97 Å². The standard InChI is InChI=1S/C18H17ClO4/c1-2-18(12-8-4-3-5-9-12)22-15(16(23-18)17(20)21)13-10-6-7-11-14(13)19/h3-11,15-16H,2H2,1H3,(H,20,21)/t15-,16+,18?/m0/s1. The maximum absolute atomic E-state index is 11.7. The Kier molecular flexibility index (Phi) is 4.39. The van der Waals surface area contributed by atoms with Crippen molar-refractivity contribution in [2.24, 2.45) is 0 Å². The summed E-state index contributed by atoms with van der Waals surface area (Å²) < 4.78 is 12.0. The Morgan fingerprint density at radius 3 is 2.39 bits per heavy atom. The molecule has 120 valence electrons. The van der Waals surface area contributed by atoms with E-state index >= 15 is 0 Å². The molecule has 1 N–H and O–H groups in total. The molecule has 2 aromatic carbocycles. The second kappa shape index (κ2) is 6.32. The summed E-state index contributed by atoms with van der Waals surface area (Å²) in [6, 6.07) is 16.5. The molecule has 0 aromatic heterocycles. The Bertz CT molecular complexity index is 703. The Morgan fingerprint density at radius 2 is 1.78 bits per heavy atom. The van der Waals surface area contributed by atoms with Crippen molar-refractivity contribution in [3.63, 3.8) is 0 Å². The minimum atomic E-state index is -1.12. The summed E-state index contributed by atoms with van der Waals surface area (Å²) in [7, 11) is 0. The number of halogens is 1. The van der Waals surface area contributed by atoms with Gasteiger partial charge in [0.05, 0.1) is 0 Å². The van der Waals surface area contributed by atoms with Crippen LogP contribution >= 0.6 is 11.6 Å². The van der Waals surface area contributed by atoms with Gasteiger partial charge in [0, 0.05) is 22.6 Å². The van der Waals surface area contributed by atoms with Crippen LogP contribution in [0, 0.1) is 0 Å². The van der Waals surface area contributed by atoms with Crippen LogP contribution in [0.1, 0.15) is 30.6 Å². The van der Waals surface area contributed by atoms with E-state index in [2.05, 4.69) is 0 Å². The molecule has 1 fully saturated rings. The molecule has 3 atom stereocenters. The zero-order chi connectivity index (χ0) is 16.4. The summed E-state index contributed by atoms with van der Waals surface area (Å²) >= 11 is 6.23. The molecule has 5 heteroatoms. The van der Waals surface area contributed by atoms with Crippen molar-refractivity contribution in [1.29, 1.82) is 0 Å². The van der Waals surface area contributed by atoms with Gasteiger partial charge in [-0.1, -0.05) is 67.1 Å². The van der Waals surface area contributed by atoms with Crippen LogP contribution in [-0.4, -0.2) is 17.2 Å². The molecule has 1 aliphatic heterocycles. The first kappa shape index (κ1) is 16.0. The van der Waals surface area contributed by atoms with E-state index in [0.717, 1.165) is 5.56 Å². The van der Waals surface area contributed by atoms with E-state index < -0.39 is 24.0 Å². The molecule has 4 nitrogen and oxygen atoms in total. The minimum Gasteiger partial charge on any atom is -0.479 e. The first-order valence-electron chi connectivity index (χ1n) is 7.46. The number of aliphatic carboxylic acids is 1. The zero-order valence-electron chi connectivity index (χ0n) is 12.6. The smallest absolute Gasteiger partial charge is 0.336 e. The number of carbonyl (C=O) groups is 1. The van der Waals surface area contributed by atoms with E-state index in [0.29, 0.717) is 17.0 Å². The average Bonchev–Trinajstić information content (AvgIpc) is 2.97. The Hall–Kier alpha value is -1.88. The van der Waals surface area contributed by atoms with Crippen molar-refractivity contribution < 1.29 is 19.4 Å². The first-order valence-corrected chi connectivity index (χ1v) is 7.83. The van der Waals surface area contributed by atoms with Crippen LogP contribution in [0.3, 0.4) is 0 Å². The highest BCUT2D eigenvalue weighted by Crippen LogP contribution is 2.47. The minimum absolute atomic E-state index is 0.465. The van der Waals surface area contributed by atoms with Gasteiger partial charge in [-0.25, -0.2) is 4.79 Å². The van der Waals surface area contributed by atoms with Crippen LogP contribution in [0.5, 0.6) is 0 Å². The number of hydrogen-bond donors (Lipinski definition) is 1. The molecule has 0 radical (unpaired) electrons. The molecule has 0 aliphatic carbocycles. The van der Waals surface area contributed by atoms with Crippen LogP contribution in [-0.2, 0) is 20.1 Å². The highest BCUT2D eigenvalue weighted by atomic mass is 35.5. The largest absolute Gasteiger partial charge is 0.479 e. The van der Waals surface area contributed by atoms with Crippen LogP contribution in [0.25, 0.3) is 0 Å². The SMILES string of the molecule is CCC1(c2ccccc2)O[C@@H](C(=O)O)[C@H](c2ccccc2Cl)O1. The zero-order valence-corrected chi connectivity index (χ0v) is 13.4. The van der Waals surface area contributed by atoms with E-state index in [1.54, 1.807) is 24.3 Å². The molecule has 1 saturated heterocycles. The molecule has 0 spiro atoms. The summed E-state index contributed by atoms with van der Waals surface area (Å²) in [5.74, 6) is -2.16. The van der Waals surface area contributed by atoms with Gasteiger partial charge in [-0.05, 0) is 6.07 Å². The lowest BCUT2D eigenvalue weighted by atomic mass is 10.0. The second-order valence-electron chi connectivity index (χ2n) is 5.41. The van der Waals surface area contributed by atoms with E-state index in [1.807, 2.05) is 37.3 Å². The summed E-state index contributed by atoms with van der Waals surface area (Å²) in [6.45, 7) is 1.90. The molecule has 0 bridgehead atoms. The lowest BCUT2D eigenvalue weighted by molar-refractivity contribution is -0.192. The molecule has 3 rings (SSSR count). The molecular formula is C18H17ClO4. The molecule has 23 heavy (non-hydrogen) atoms. The number of rotatable bonds is 4. The second-order valence-corrected chi connectivity index (χ2v) is 5.82. The van der Waals surface area contributed by atoms with Crippen molar-refractivity contribution in [3.05, 3.63) is 70.7 Å². The van der Waals surface area contributed by atoms with Gasteiger partial charge in [-0.3, -0.25) is 0 Å². The third-order valence-corrected chi connectivity index (χ3v) is 4.39. The van der Waals surface area contributed by atoms with Gasteiger partial charge in [0.2, 0.25) is 0 Å². The van der Waals surface area contributed by atoms with Crippen molar-refractivity contribution in [1.82, 2.24) is 0 Å². The summed E-state index contributed by atoms with van der Waals surface area (Å²) in [4.78, 5) is 11.7. The number of carboxylic acids is 1. The monoisotopic (exact) mass is 332 g/mol. The molecule has 2 aromatic rings. The highest BCUT2D eigenvalue weighted by Gasteiger charge is 2.51.